The number of hydrogen-bond acceptors (Lipinski definition) is 4. The van der Waals surface area contributed by atoms with Gasteiger partial charge < -0.3 is 19.3 Å². The first-order valence-electron chi connectivity index (χ1n) is 8.99. The molecule has 4 heteroatoms. The first-order chi connectivity index (χ1) is 12.2. The van der Waals surface area contributed by atoms with Gasteiger partial charge in [0.25, 0.3) is 0 Å². The molecule has 2 aromatic rings. The van der Waals surface area contributed by atoms with Crippen LogP contribution in [0.4, 0.5) is 0 Å². The van der Waals surface area contributed by atoms with Crippen molar-refractivity contribution < 1.29 is 19.3 Å². The lowest BCUT2D eigenvalue weighted by molar-refractivity contribution is -0.105. The zero-order chi connectivity index (χ0) is 17.5. The topological polar surface area (TPSA) is 47.9 Å². The van der Waals surface area contributed by atoms with Crippen molar-refractivity contribution in [1.82, 2.24) is 0 Å². The SMILES string of the molecule is CC(Oc1ccc(CCO)cc1)c1ccc(OC2CCCCO2)cc1. The Bertz CT molecular complexity index is 630. The average Bonchev–Trinajstić information content (AvgIpc) is 2.65. The van der Waals surface area contributed by atoms with Gasteiger partial charge in [-0.25, -0.2) is 0 Å². The summed E-state index contributed by atoms with van der Waals surface area (Å²) < 4.78 is 17.5. The number of benzene rings is 2. The van der Waals surface area contributed by atoms with Crippen LogP contribution < -0.4 is 9.47 Å². The molecule has 2 atom stereocenters. The molecule has 1 saturated heterocycles. The predicted molar refractivity (Wildman–Crippen MR) is 96.9 cm³/mol. The van der Waals surface area contributed by atoms with Gasteiger partial charge in [0.1, 0.15) is 17.6 Å². The summed E-state index contributed by atoms with van der Waals surface area (Å²) in [5.74, 6) is 1.65. The predicted octanol–water partition coefficient (Wildman–Crippen LogP) is 4.27. The minimum absolute atomic E-state index is 0.0522. The Hall–Kier alpha value is -2.04. The van der Waals surface area contributed by atoms with E-state index in [2.05, 4.69) is 0 Å². The number of ether oxygens (including phenoxy) is 3. The van der Waals surface area contributed by atoms with Crippen LogP contribution in [0.5, 0.6) is 11.5 Å². The number of rotatable bonds is 7. The van der Waals surface area contributed by atoms with Crippen molar-refractivity contribution >= 4 is 0 Å². The molecule has 0 radical (unpaired) electrons. The van der Waals surface area contributed by atoms with Crippen molar-refractivity contribution in [3.63, 3.8) is 0 Å². The summed E-state index contributed by atoms with van der Waals surface area (Å²) >= 11 is 0. The van der Waals surface area contributed by atoms with Crippen molar-refractivity contribution in [3.05, 3.63) is 59.7 Å². The van der Waals surface area contributed by atoms with Crippen molar-refractivity contribution in [2.75, 3.05) is 13.2 Å². The van der Waals surface area contributed by atoms with E-state index in [9.17, 15) is 0 Å². The Morgan fingerprint density at radius 2 is 1.76 bits per heavy atom. The van der Waals surface area contributed by atoms with E-state index in [1.54, 1.807) is 0 Å². The first kappa shape index (κ1) is 17.8. The second-order valence-electron chi connectivity index (χ2n) is 6.36. The quantitative estimate of drug-likeness (QED) is 0.816. The van der Waals surface area contributed by atoms with Crippen LogP contribution in [0.3, 0.4) is 0 Å². The van der Waals surface area contributed by atoms with Gasteiger partial charge in [-0.2, -0.15) is 0 Å². The largest absolute Gasteiger partial charge is 0.486 e. The van der Waals surface area contributed by atoms with Crippen molar-refractivity contribution in [2.24, 2.45) is 0 Å². The fourth-order valence-electron chi connectivity index (χ4n) is 2.91. The Labute approximate surface area is 149 Å². The summed E-state index contributed by atoms with van der Waals surface area (Å²) in [5.41, 5.74) is 2.20. The summed E-state index contributed by atoms with van der Waals surface area (Å²) in [6.07, 6.45) is 3.73. The molecule has 1 N–H and O–H groups in total. The van der Waals surface area contributed by atoms with E-state index in [0.717, 1.165) is 48.5 Å². The molecule has 2 aromatic carbocycles. The molecule has 1 aliphatic heterocycles. The van der Waals surface area contributed by atoms with Gasteiger partial charge in [-0.1, -0.05) is 24.3 Å². The molecule has 3 rings (SSSR count). The maximum atomic E-state index is 8.96. The third kappa shape index (κ3) is 5.21. The second kappa shape index (κ2) is 8.88. The Kier molecular flexibility index (Phi) is 6.31. The van der Waals surface area contributed by atoms with Gasteiger partial charge in [0.15, 0.2) is 6.29 Å². The highest BCUT2D eigenvalue weighted by Crippen LogP contribution is 2.25. The molecule has 1 aliphatic rings. The zero-order valence-electron chi connectivity index (χ0n) is 14.7. The van der Waals surface area contributed by atoms with Gasteiger partial charge in [0, 0.05) is 13.0 Å². The van der Waals surface area contributed by atoms with E-state index in [1.807, 2.05) is 55.5 Å². The molecule has 4 nitrogen and oxygen atoms in total. The van der Waals surface area contributed by atoms with Gasteiger partial charge >= 0.3 is 0 Å². The number of aliphatic hydroxyl groups is 1. The van der Waals surface area contributed by atoms with Crippen LogP contribution in [0.25, 0.3) is 0 Å². The van der Waals surface area contributed by atoms with Crippen LogP contribution in [-0.2, 0) is 11.2 Å². The van der Waals surface area contributed by atoms with E-state index in [-0.39, 0.29) is 19.0 Å². The molecule has 1 heterocycles. The van der Waals surface area contributed by atoms with Gasteiger partial charge in [0.05, 0.1) is 6.61 Å². The van der Waals surface area contributed by atoms with Crippen LogP contribution >= 0.6 is 0 Å². The lowest BCUT2D eigenvalue weighted by atomic mass is 10.1. The highest BCUT2D eigenvalue weighted by Gasteiger charge is 2.15. The maximum absolute atomic E-state index is 8.96. The monoisotopic (exact) mass is 342 g/mol. The van der Waals surface area contributed by atoms with E-state index in [0.29, 0.717) is 6.42 Å². The third-order valence-electron chi connectivity index (χ3n) is 4.39. The molecule has 134 valence electrons. The molecule has 1 fully saturated rings. The van der Waals surface area contributed by atoms with Crippen molar-refractivity contribution in [3.8, 4) is 11.5 Å². The average molecular weight is 342 g/mol. The number of aliphatic hydroxyl groups excluding tert-OH is 1. The summed E-state index contributed by atoms with van der Waals surface area (Å²) in [7, 11) is 0. The van der Waals surface area contributed by atoms with E-state index in [1.165, 1.54) is 0 Å². The molecule has 25 heavy (non-hydrogen) atoms. The van der Waals surface area contributed by atoms with Crippen LogP contribution in [0.2, 0.25) is 0 Å². The molecule has 0 aliphatic carbocycles. The fourth-order valence-corrected chi connectivity index (χ4v) is 2.91. The van der Waals surface area contributed by atoms with E-state index in [4.69, 9.17) is 19.3 Å². The fraction of sp³-hybridized carbons (Fsp3) is 0.429. The molecule has 0 bridgehead atoms. The number of hydrogen-bond donors (Lipinski definition) is 1. The summed E-state index contributed by atoms with van der Waals surface area (Å²) in [4.78, 5) is 0. The lowest BCUT2D eigenvalue weighted by Crippen LogP contribution is -2.24. The van der Waals surface area contributed by atoms with Gasteiger partial charge in [0.2, 0.25) is 0 Å². The highest BCUT2D eigenvalue weighted by molar-refractivity contribution is 5.31. The van der Waals surface area contributed by atoms with E-state index >= 15 is 0 Å². The van der Waals surface area contributed by atoms with E-state index < -0.39 is 0 Å². The standard InChI is InChI=1S/C21H26O4/c1-16(24-19-9-5-17(6-10-19)13-14-22)18-7-11-20(12-8-18)25-21-4-2-3-15-23-21/h5-12,16,21-22H,2-4,13-15H2,1H3. The maximum Gasteiger partial charge on any atom is 0.199 e. The minimum atomic E-state index is -0.120. The molecule has 0 amide bonds. The van der Waals surface area contributed by atoms with Crippen molar-refractivity contribution in [2.45, 2.75) is 45.0 Å². The van der Waals surface area contributed by atoms with Gasteiger partial charge in [-0.05, 0) is 61.6 Å². The molecule has 0 aromatic heterocycles. The smallest absolute Gasteiger partial charge is 0.199 e. The first-order valence-corrected chi connectivity index (χ1v) is 8.99. The normalized spacial score (nSPS) is 18.6. The third-order valence-corrected chi connectivity index (χ3v) is 4.39. The summed E-state index contributed by atoms with van der Waals surface area (Å²) in [6.45, 7) is 2.98. The highest BCUT2D eigenvalue weighted by atomic mass is 16.7. The van der Waals surface area contributed by atoms with Gasteiger partial charge in [-0.15, -0.1) is 0 Å². The Morgan fingerprint density at radius 3 is 2.40 bits per heavy atom. The molecule has 2 unspecified atom stereocenters. The Morgan fingerprint density at radius 1 is 1.04 bits per heavy atom. The molecular formula is C21H26O4. The van der Waals surface area contributed by atoms with Crippen LogP contribution in [0, 0.1) is 0 Å². The zero-order valence-corrected chi connectivity index (χ0v) is 14.7. The summed E-state index contributed by atoms with van der Waals surface area (Å²) in [5, 5.41) is 8.96. The lowest BCUT2D eigenvalue weighted by Gasteiger charge is -2.23. The van der Waals surface area contributed by atoms with Crippen LogP contribution in [0.1, 0.15) is 43.4 Å². The molecule has 0 saturated carbocycles. The minimum Gasteiger partial charge on any atom is -0.486 e. The molecule has 0 spiro atoms. The molecular weight excluding hydrogens is 316 g/mol. The van der Waals surface area contributed by atoms with Crippen molar-refractivity contribution in [1.29, 1.82) is 0 Å². The summed E-state index contributed by atoms with van der Waals surface area (Å²) in [6, 6.07) is 15.9. The Balaban J connectivity index is 1.55. The second-order valence-corrected chi connectivity index (χ2v) is 6.36. The van der Waals surface area contributed by atoms with Crippen LogP contribution in [-0.4, -0.2) is 24.6 Å². The van der Waals surface area contributed by atoms with Crippen LogP contribution in [0.15, 0.2) is 48.5 Å². The van der Waals surface area contributed by atoms with Gasteiger partial charge in [-0.3, -0.25) is 0 Å².